The highest BCUT2D eigenvalue weighted by Crippen LogP contribution is 2.33. The fourth-order valence-electron chi connectivity index (χ4n) is 2.67. The molecule has 1 aliphatic rings. The average molecular weight is 339 g/mol. The summed E-state index contributed by atoms with van der Waals surface area (Å²) in [6.07, 6.45) is 0.603. The standard InChI is InChI=1S/C16H22FN3O4/c1-16(2,3)24-15(21)19(12-6-8-18-9-7-12)13-5-4-11(17)10-14(13)20(22)23/h4-5,10,12,18H,6-9H2,1-3H3. The Hall–Kier alpha value is -2.22. The molecule has 0 radical (unpaired) electrons. The predicted octanol–water partition coefficient (Wildman–Crippen LogP) is 3.23. The third kappa shape index (κ3) is 4.41. The summed E-state index contributed by atoms with van der Waals surface area (Å²) in [4.78, 5) is 24.6. The summed E-state index contributed by atoms with van der Waals surface area (Å²) in [5.74, 6) is -0.722. The molecule has 2 rings (SSSR count). The van der Waals surface area contributed by atoms with E-state index in [1.807, 2.05) is 0 Å². The van der Waals surface area contributed by atoms with Crippen LogP contribution in [0.5, 0.6) is 0 Å². The van der Waals surface area contributed by atoms with Crippen molar-refractivity contribution < 1.29 is 18.8 Å². The molecule has 1 saturated heterocycles. The summed E-state index contributed by atoms with van der Waals surface area (Å²) in [7, 11) is 0. The molecule has 0 bridgehead atoms. The van der Waals surface area contributed by atoms with Crippen molar-refractivity contribution in [1.82, 2.24) is 5.32 Å². The van der Waals surface area contributed by atoms with Crippen LogP contribution in [0.1, 0.15) is 33.6 Å². The SMILES string of the molecule is CC(C)(C)OC(=O)N(c1ccc(F)cc1[N+](=O)[O-])C1CCNCC1. The highest BCUT2D eigenvalue weighted by molar-refractivity contribution is 5.91. The van der Waals surface area contributed by atoms with Crippen molar-refractivity contribution in [2.75, 3.05) is 18.0 Å². The molecular weight excluding hydrogens is 317 g/mol. The highest BCUT2D eigenvalue weighted by Gasteiger charge is 2.34. The summed E-state index contributed by atoms with van der Waals surface area (Å²) < 4.78 is 18.9. The molecule has 0 aromatic heterocycles. The van der Waals surface area contributed by atoms with Gasteiger partial charge in [0.25, 0.3) is 5.69 Å². The minimum Gasteiger partial charge on any atom is -0.443 e. The van der Waals surface area contributed by atoms with E-state index < -0.39 is 28.1 Å². The van der Waals surface area contributed by atoms with Crippen molar-refractivity contribution in [2.45, 2.75) is 45.3 Å². The Morgan fingerprint density at radius 2 is 2.00 bits per heavy atom. The Kier molecular flexibility index (Phi) is 5.38. The van der Waals surface area contributed by atoms with Crippen LogP contribution in [0.3, 0.4) is 0 Å². The second-order valence-corrected chi connectivity index (χ2v) is 6.72. The third-order valence-electron chi connectivity index (χ3n) is 3.66. The zero-order valence-corrected chi connectivity index (χ0v) is 14.0. The number of carbonyl (C=O) groups is 1. The minimum atomic E-state index is -0.739. The Labute approximate surface area is 139 Å². The third-order valence-corrected chi connectivity index (χ3v) is 3.66. The summed E-state index contributed by atoms with van der Waals surface area (Å²) in [5.41, 5.74) is -1.13. The Balaban J connectivity index is 2.45. The van der Waals surface area contributed by atoms with Crippen molar-refractivity contribution >= 4 is 17.5 Å². The summed E-state index contributed by atoms with van der Waals surface area (Å²) in [5, 5.41) is 14.5. The maximum absolute atomic E-state index is 13.4. The van der Waals surface area contributed by atoms with Crippen LogP contribution in [0.15, 0.2) is 18.2 Å². The number of piperidine rings is 1. The van der Waals surface area contributed by atoms with Crippen LogP contribution >= 0.6 is 0 Å². The number of benzene rings is 1. The van der Waals surface area contributed by atoms with Crippen LogP contribution < -0.4 is 10.2 Å². The van der Waals surface area contributed by atoms with E-state index in [1.54, 1.807) is 20.8 Å². The topological polar surface area (TPSA) is 84.7 Å². The van der Waals surface area contributed by atoms with E-state index in [-0.39, 0.29) is 11.7 Å². The van der Waals surface area contributed by atoms with Gasteiger partial charge in [0.2, 0.25) is 0 Å². The molecule has 0 spiro atoms. The molecule has 1 amide bonds. The minimum absolute atomic E-state index is 0.0579. The lowest BCUT2D eigenvalue weighted by Crippen LogP contribution is -2.48. The Morgan fingerprint density at radius 1 is 1.38 bits per heavy atom. The van der Waals surface area contributed by atoms with E-state index in [0.29, 0.717) is 25.9 Å². The quantitative estimate of drug-likeness (QED) is 0.675. The number of ether oxygens (including phenoxy) is 1. The number of amides is 1. The second-order valence-electron chi connectivity index (χ2n) is 6.72. The van der Waals surface area contributed by atoms with E-state index >= 15 is 0 Å². The number of nitro benzene ring substituents is 1. The fraction of sp³-hybridized carbons (Fsp3) is 0.562. The van der Waals surface area contributed by atoms with Gasteiger partial charge in [0.1, 0.15) is 17.1 Å². The van der Waals surface area contributed by atoms with Crippen LogP contribution in [-0.2, 0) is 4.74 Å². The molecule has 7 nitrogen and oxygen atoms in total. The number of anilines is 1. The van der Waals surface area contributed by atoms with Gasteiger partial charge in [-0.2, -0.15) is 0 Å². The summed E-state index contributed by atoms with van der Waals surface area (Å²) in [6, 6.07) is 2.96. The van der Waals surface area contributed by atoms with Gasteiger partial charge in [-0.05, 0) is 58.8 Å². The van der Waals surface area contributed by atoms with E-state index in [2.05, 4.69) is 5.32 Å². The molecule has 1 fully saturated rings. The molecule has 24 heavy (non-hydrogen) atoms. The maximum atomic E-state index is 13.4. The van der Waals surface area contributed by atoms with Gasteiger partial charge in [0.05, 0.1) is 11.0 Å². The van der Waals surface area contributed by atoms with E-state index in [9.17, 15) is 19.3 Å². The molecule has 132 valence electrons. The maximum Gasteiger partial charge on any atom is 0.415 e. The molecule has 1 aromatic carbocycles. The van der Waals surface area contributed by atoms with E-state index in [1.165, 1.54) is 11.0 Å². The lowest BCUT2D eigenvalue weighted by molar-refractivity contribution is -0.384. The number of nitro groups is 1. The zero-order valence-electron chi connectivity index (χ0n) is 14.0. The van der Waals surface area contributed by atoms with Crippen molar-refractivity contribution in [2.24, 2.45) is 0 Å². The molecular formula is C16H22FN3O4. The number of carbonyl (C=O) groups excluding carboxylic acids is 1. The first-order valence-corrected chi connectivity index (χ1v) is 7.86. The first-order chi connectivity index (χ1) is 11.2. The Bertz CT molecular complexity index is 624. The normalized spacial score (nSPS) is 15.8. The highest BCUT2D eigenvalue weighted by atomic mass is 19.1. The van der Waals surface area contributed by atoms with Gasteiger partial charge < -0.3 is 10.1 Å². The second kappa shape index (κ2) is 7.12. The lowest BCUT2D eigenvalue weighted by Gasteiger charge is -2.35. The van der Waals surface area contributed by atoms with Gasteiger partial charge >= 0.3 is 6.09 Å². The number of nitrogens with zero attached hydrogens (tertiary/aromatic N) is 2. The van der Waals surface area contributed by atoms with Crippen molar-refractivity contribution in [3.63, 3.8) is 0 Å². The van der Waals surface area contributed by atoms with Crippen molar-refractivity contribution in [1.29, 1.82) is 0 Å². The molecule has 0 unspecified atom stereocenters. The molecule has 1 aromatic rings. The fourth-order valence-corrected chi connectivity index (χ4v) is 2.67. The number of rotatable bonds is 3. The Morgan fingerprint density at radius 3 is 2.54 bits per heavy atom. The van der Waals surface area contributed by atoms with E-state index in [0.717, 1.165) is 12.1 Å². The van der Waals surface area contributed by atoms with Gasteiger partial charge in [0, 0.05) is 6.04 Å². The zero-order chi connectivity index (χ0) is 17.9. The first kappa shape index (κ1) is 18.1. The van der Waals surface area contributed by atoms with E-state index in [4.69, 9.17) is 4.74 Å². The molecule has 0 saturated carbocycles. The van der Waals surface area contributed by atoms with Crippen LogP contribution in [0.4, 0.5) is 20.6 Å². The summed E-state index contributed by atoms with van der Waals surface area (Å²) in [6.45, 7) is 6.57. The molecule has 1 heterocycles. The molecule has 1 N–H and O–H groups in total. The smallest absolute Gasteiger partial charge is 0.415 e. The lowest BCUT2D eigenvalue weighted by atomic mass is 10.0. The van der Waals surface area contributed by atoms with Crippen LogP contribution in [-0.4, -0.2) is 35.7 Å². The number of hydrogen-bond acceptors (Lipinski definition) is 5. The monoisotopic (exact) mass is 339 g/mol. The van der Waals surface area contributed by atoms with Crippen LogP contribution in [0, 0.1) is 15.9 Å². The predicted molar refractivity (Wildman–Crippen MR) is 87.7 cm³/mol. The molecule has 0 atom stereocenters. The number of hydrogen-bond donors (Lipinski definition) is 1. The largest absolute Gasteiger partial charge is 0.443 e. The summed E-state index contributed by atoms with van der Waals surface area (Å²) >= 11 is 0. The van der Waals surface area contributed by atoms with Gasteiger partial charge in [-0.3, -0.25) is 15.0 Å². The number of halogens is 1. The van der Waals surface area contributed by atoms with Gasteiger partial charge in [0.15, 0.2) is 0 Å². The van der Waals surface area contributed by atoms with Crippen molar-refractivity contribution in [3.8, 4) is 0 Å². The average Bonchev–Trinajstić information content (AvgIpc) is 2.48. The van der Waals surface area contributed by atoms with Gasteiger partial charge in [-0.15, -0.1) is 0 Å². The van der Waals surface area contributed by atoms with Crippen molar-refractivity contribution in [3.05, 3.63) is 34.1 Å². The van der Waals surface area contributed by atoms with Gasteiger partial charge in [-0.1, -0.05) is 0 Å². The molecule has 8 heteroatoms. The van der Waals surface area contributed by atoms with Crippen LogP contribution in [0.25, 0.3) is 0 Å². The van der Waals surface area contributed by atoms with Gasteiger partial charge in [-0.25, -0.2) is 9.18 Å². The molecule has 0 aliphatic carbocycles. The van der Waals surface area contributed by atoms with Crippen LogP contribution in [0.2, 0.25) is 0 Å². The molecule has 1 aliphatic heterocycles. The first-order valence-electron chi connectivity index (χ1n) is 7.86. The number of nitrogens with one attached hydrogen (secondary N) is 1.